The highest BCUT2D eigenvalue weighted by molar-refractivity contribution is 6.04. The average molecular weight is 242 g/mol. The predicted octanol–water partition coefficient (Wildman–Crippen LogP) is -1.40. The number of amides is 2. The summed E-state index contributed by atoms with van der Waals surface area (Å²) in [6.45, 7) is 4.37. The Morgan fingerprint density at radius 1 is 1.35 bits per heavy atom. The maximum atomic E-state index is 11.8. The van der Waals surface area contributed by atoms with Gasteiger partial charge in [0.05, 0.1) is 26.2 Å². The Kier molecular flexibility index (Phi) is 3.76. The van der Waals surface area contributed by atoms with Crippen LogP contribution in [0.5, 0.6) is 0 Å². The van der Waals surface area contributed by atoms with Gasteiger partial charge in [0, 0.05) is 6.42 Å². The van der Waals surface area contributed by atoms with Gasteiger partial charge < -0.3 is 15.0 Å². The number of nitrogens with zero attached hydrogens (tertiary/aromatic N) is 1. The Labute approximate surface area is 101 Å². The summed E-state index contributed by atoms with van der Waals surface area (Å²) >= 11 is 0. The van der Waals surface area contributed by atoms with Gasteiger partial charge in [0.1, 0.15) is 13.1 Å². The first-order valence-corrected chi connectivity index (χ1v) is 6.15. The Balaban J connectivity index is 2.13. The molecule has 0 bridgehead atoms. The fraction of sp³-hybridized carbons (Fsp3) is 0.818. The van der Waals surface area contributed by atoms with E-state index in [0.717, 1.165) is 26.1 Å². The minimum absolute atomic E-state index is 0.131. The first kappa shape index (κ1) is 12.5. The zero-order valence-corrected chi connectivity index (χ0v) is 9.98. The quantitative estimate of drug-likeness (QED) is 0.469. The van der Waals surface area contributed by atoms with Crippen LogP contribution in [0.25, 0.3) is 0 Å². The number of carbonyl (C=O) groups is 2. The molecule has 96 valence electrons. The Bertz CT molecular complexity index is 313. The molecule has 0 aromatic rings. The van der Waals surface area contributed by atoms with Gasteiger partial charge in [-0.15, -0.1) is 0 Å². The molecule has 2 saturated heterocycles. The fourth-order valence-electron chi connectivity index (χ4n) is 2.79. The molecule has 0 aliphatic carbocycles. The van der Waals surface area contributed by atoms with Crippen molar-refractivity contribution in [2.45, 2.75) is 18.9 Å². The van der Waals surface area contributed by atoms with Crippen molar-refractivity contribution < 1.29 is 18.8 Å². The van der Waals surface area contributed by atoms with E-state index in [1.165, 1.54) is 0 Å². The third-order valence-corrected chi connectivity index (χ3v) is 3.77. The van der Waals surface area contributed by atoms with Gasteiger partial charge in [-0.2, -0.15) is 0 Å². The molecule has 2 aliphatic rings. The number of hydrogen-bond donors (Lipinski definition) is 2. The highest BCUT2D eigenvalue weighted by atomic mass is 16.5. The SMILES string of the molecule is NCCC[N+]1(C2CC(=O)NC2=O)CCOCC1. The summed E-state index contributed by atoms with van der Waals surface area (Å²) < 4.78 is 6.02. The van der Waals surface area contributed by atoms with Gasteiger partial charge in [-0.1, -0.05) is 0 Å². The molecule has 17 heavy (non-hydrogen) atoms. The van der Waals surface area contributed by atoms with Crippen molar-refractivity contribution in [3.05, 3.63) is 0 Å². The normalized spacial score (nSPS) is 28.2. The minimum Gasteiger partial charge on any atom is -0.370 e. The number of rotatable bonds is 4. The largest absolute Gasteiger partial charge is 0.370 e. The monoisotopic (exact) mass is 242 g/mol. The average Bonchev–Trinajstić information content (AvgIpc) is 2.68. The maximum Gasteiger partial charge on any atom is 0.285 e. The molecular weight excluding hydrogens is 222 g/mol. The molecule has 2 rings (SSSR count). The van der Waals surface area contributed by atoms with Gasteiger partial charge in [-0.25, -0.2) is 0 Å². The summed E-state index contributed by atoms with van der Waals surface area (Å²) in [5, 5.41) is 2.40. The number of nitrogens with two attached hydrogens (primary N) is 1. The van der Waals surface area contributed by atoms with Crippen LogP contribution in [-0.4, -0.2) is 61.7 Å². The molecule has 0 aromatic heterocycles. The van der Waals surface area contributed by atoms with Crippen molar-refractivity contribution in [2.75, 3.05) is 39.4 Å². The van der Waals surface area contributed by atoms with Crippen LogP contribution >= 0.6 is 0 Å². The summed E-state index contributed by atoms with van der Waals surface area (Å²) in [5.74, 6) is -0.286. The van der Waals surface area contributed by atoms with Crippen molar-refractivity contribution in [1.29, 1.82) is 0 Å². The number of hydrogen-bond acceptors (Lipinski definition) is 4. The van der Waals surface area contributed by atoms with E-state index in [9.17, 15) is 9.59 Å². The van der Waals surface area contributed by atoms with Crippen LogP contribution in [0.2, 0.25) is 0 Å². The number of nitrogens with one attached hydrogen (secondary N) is 1. The van der Waals surface area contributed by atoms with Crippen molar-refractivity contribution in [1.82, 2.24) is 5.32 Å². The molecule has 2 aliphatic heterocycles. The zero-order valence-electron chi connectivity index (χ0n) is 9.98. The molecule has 0 aromatic carbocycles. The van der Waals surface area contributed by atoms with Crippen LogP contribution in [0, 0.1) is 0 Å². The smallest absolute Gasteiger partial charge is 0.285 e. The van der Waals surface area contributed by atoms with E-state index in [1.54, 1.807) is 0 Å². The van der Waals surface area contributed by atoms with E-state index in [1.807, 2.05) is 0 Å². The van der Waals surface area contributed by atoms with E-state index in [-0.39, 0.29) is 17.9 Å². The van der Waals surface area contributed by atoms with E-state index >= 15 is 0 Å². The van der Waals surface area contributed by atoms with Crippen LogP contribution in [0.3, 0.4) is 0 Å². The molecule has 0 saturated carbocycles. The molecule has 1 unspecified atom stereocenters. The summed E-state index contributed by atoms with van der Waals surface area (Å²) in [6, 6.07) is -0.238. The van der Waals surface area contributed by atoms with E-state index in [4.69, 9.17) is 10.5 Å². The van der Waals surface area contributed by atoms with Gasteiger partial charge in [0.2, 0.25) is 5.91 Å². The number of ether oxygens (including phenoxy) is 1. The number of quaternary nitrogens is 1. The molecule has 6 heteroatoms. The topological polar surface area (TPSA) is 81.4 Å². The lowest BCUT2D eigenvalue weighted by atomic mass is 10.1. The van der Waals surface area contributed by atoms with Crippen LogP contribution in [-0.2, 0) is 14.3 Å². The Hall–Kier alpha value is -0.980. The van der Waals surface area contributed by atoms with E-state index in [2.05, 4.69) is 5.32 Å². The van der Waals surface area contributed by atoms with Gasteiger partial charge in [-0.3, -0.25) is 14.9 Å². The molecule has 1 atom stereocenters. The lowest BCUT2D eigenvalue weighted by molar-refractivity contribution is -0.948. The second kappa shape index (κ2) is 5.12. The van der Waals surface area contributed by atoms with Crippen molar-refractivity contribution in [3.63, 3.8) is 0 Å². The maximum absolute atomic E-state index is 11.8. The van der Waals surface area contributed by atoms with Crippen molar-refractivity contribution >= 4 is 11.8 Å². The van der Waals surface area contributed by atoms with Crippen LogP contribution < -0.4 is 11.1 Å². The Morgan fingerprint density at radius 2 is 2.06 bits per heavy atom. The second-order valence-electron chi connectivity index (χ2n) is 4.78. The van der Waals surface area contributed by atoms with Gasteiger partial charge in [0.15, 0.2) is 6.04 Å². The Morgan fingerprint density at radius 3 is 2.59 bits per heavy atom. The first-order chi connectivity index (χ1) is 8.18. The molecule has 2 amide bonds. The van der Waals surface area contributed by atoms with E-state index in [0.29, 0.717) is 30.7 Å². The highest BCUT2D eigenvalue weighted by Crippen LogP contribution is 2.23. The van der Waals surface area contributed by atoms with Crippen molar-refractivity contribution in [2.24, 2.45) is 5.73 Å². The number of morpholine rings is 1. The third kappa shape index (κ3) is 2.48. The van der Waals surface area contributed by atoms with Gasteiger partial charge in [-0.05, 0) is 6.54 Å². The van der Waals surface area contributed by atoms with Crippen LogP contribution in [0.4, 0.5) is 0 Å². The second-order valence-corrected chi connectivity index (χ2v) is 4.78. The van der Waals surface area contributed by atoms with Crippen LogP contribution in [0.15, 0.2) is 0 Å². The minimum atomic E-state index is -0.238. The summed E-state index contributed by atoms with van der Waals surface area (Å²) in [4.78, 5) is 23.2. The standard InChI is InChI=1S/C11H19N3O3/c12-2-1-3-14(4-6-17-7-5-14)9-8-10(15)13-11(9)16/h9H,1-8,12H2/p+1. The fourth-order valence-corrected chi connectivity index (χ4v) is 2.79. The lowest BCUT2D eigenvalue weighted by Crippen LogP contribution is -2.63. The van der Waals surface area contributed by atoms with Gasteiger partial charge >= 0.3 is 0 Å². The summed E-state index contributed by atoms with van der Waals surface area (Å²) in [6.07, 6.45) is 1.18. The number of carbonyl (C=O) groups excluding carboxylic acids is 2. The summed E-state index contributed by atoms with van der Waals surface area (Å²) in [7, 11) is 0. The molecule has 0 radical (unpaired) electrons. The first-order valence-electron chi connectivity index (χ1n) is 6.15. The molecule has 3 N–H and O–H groups in total. The molecule has 2 fully saturated rings. The number of imide groups is 1. The third-order valence-electron chi connectivity index (χ3n) is 3.77. The van der Waals surface area contributed by atoms with Crippen LogP contribution in [0.1, 0.15) is 12.8 Å². The van der Waals surface area contributed by atoms with Gasteiger partial charge in [0.25, 0.3) is 5.91 Å². The predicted molar refractivity (Wildman–Crippen MR) is 60.9 cm³/mol. The lowest BCUT2D eigenvalue weighted by Gasteiger charge is -2.44. The highest BCUT2D eigenvalue weighted by Gasteiger charge is 2.47. The molecule has 6 nitrogen and oxygen atoms in total. The van der Waals surface area contributed by atoms with Crippen molar-refractivity contribution in [3.8, 4) is 0 Å². The van der Waals surface area contributed by atoms with E-state index < -0.39 is 0 Å². The molecular formula is C11H20N3O3+. The summed E-state index contributed by atoms with van der Waals surface area (Å²) in [5.41, 5.74) is 5.56. The zero-order chi connectivity index (χ0) is 12.3. The molecule has 0 spiro atoms. The molecule has 2 heterocycles.